The van der Waals surface area contributed by atoms with Gasteiger partial charge < -0.3 is 4.90 Å². The molecule has 1 aromatic rings. The first-order valence-electron chi connectivity index (χ1n) is 5.35. The van der Waals surface area contributed by atoms with Crippen LogP contribution in [0, 0.1) is 12.8 Å². The fourth-order valence-electron chi connectivity index (χ4n) is 2.01. The Kier molecular flexibility index (Phi) is 2.70. The fraction of sp³-hybridized carbons (Fsp3) is 0.700. The van der Waals surface area contributed by atoms with Gasteiger partial charge in [0.15, 0.2) is 5.69 Å². The second kappa shape index (κ2) is 4.00. The lowest BCUT2D eigenvalue weighted by Gasteiger charge is -2.30. The van der Waals surface area contributed by atoms with Crippen LogP contribution in [-0.2, 0) is 0 Å². The molecule has 1 atom stereocenters. The summed E-state index contributed by atoms with van der Waals surface area (Å²) in [6, 6.07) is 0. The van der Waals surface area contributed by atoms with Gasteiger partial charge in [-0.3, -0.25) is 4.79 Å². The minimum atomic E-state index is 0.00722. The van der Waals surface area contributed by atoms with Gasteiger partial charge >= 0.3 is 0 Å². The molecule has 0 bridgehead atoms. The second-order valence-electron chi connectivity index (χ2n) is 4.26. The fourth-order valence-corrected chi connectivity index (χ4v) is 2.01. The Morgan fingerprint density at radius 1 is 1.53 bits per heavy atom. The molecule has 1 saturated heterocycles. The first kappa shape index (κ1) is 10.1. The molecule has 82 valence electrons. The maximum atomic E-state index is 12.0. The van der Waals surface area contributed by atoms with E-state index in [1.165, 1.54) is 6.42 Å². The number of rotatable bonds is 1. The number of hydrogen-bond acceptors (Lipinski definition) is 3. The summed E-state index contributed by atoms with van der Waals surface area (Å²) in [5.74, 6) is 0.600. The van der Waals surface area contributed by atoms with Crippen molar-refractivity contribution in [3.8, 4) is 0 Å². The molecule has 2 heterocycles. The summed E-state index contributed by atoms with van der Waals surface area (Å²) in [5.41, 5.74) is 1.14. The van der Waals surface area contributed by atoms with Crippen molar-refractivity contribution in [2.75, 3.05) is 13.1 Å². The highest BCUT2D eigenvalue weighted by molar-refractivity contribution is 5.93. The Morgan fingerprint density at radius 2 is 2.33 bits per heavy atom. The number of H-pyrrole nitrogens is 1. The summed E-state index contributed by atoms with van der Waals surface area (Å²) < 4.78 is 0. The van der Waals surface area contributed by atoms with Gasteiger partial charge in [-0.05, 0) is 25.7 Å². The van der Waals surface area contributed by atoms with E-state index >= 15 is 0 Å². The van der Waals surface area contributed by atoms with E-state index in [9.17, 15) is 4.79 Å². The van der Waals surface area contributed by atoms with Crippen LogP contribution < -0.4 is 0 Å². The van der Waals surface area contributed by atoms with Crippen molar-refractivity contribution in [1.82, 2.24) is 20.3 Å². The minimum absolute atomic E-state index is 0.00722. The molecule has 5 heteroatoms. The number of hydrogen-bond donors (Lipinski definition) is 1. The van der Waals surface area contributed by atoms with E-state index in [0.717, 1.165) is 19.5 Å². The molecule has 1 unspecified atom stereocenters. The molecule has 1 fully saturated rings. The Bertz CT molecular complexity index is 360. The van der Waals surface area contributed by atoms with Gasteiger partial charge in [-0.15, -0.1) is 0 Å². The van der Waals surface area contributed by atoms with Gasteiger partial charge in [-0.1, -0.05) is 6.92 Å². The van der Waals surface area contributed by atoms with Crippen LogP contribution >= 0.6 is 0 Å². The van der Waals surface area contributed by atoms with Gasteiger partial charge in [0.25, 0.3) is 5.91 Å². The lowest BCUT2D eigenvalue weighted by Crippen LogP contribution is -2.39. The van der Waals surface area contributed by atoms with E-state index in [1.807, 2.05) is 4.90 Å². The zero-order chi connectivity index (χ0) is 10.8. The van der Waals surface area contributed by atoms with E-state index in [2.05, 4.69) is 22.3 Å². The Hall–Kier alpha value is -1.39. The van der Waals surface area contributed by atoms with Gasteiger partial charge in [-0.2, -0.15) is 15.4 Å². The van der Waals surface area contributed by atoms with Crippen molar-refractivity contribution < 1.29 is 4.79 Å². The number of amides is 1. The molecule has 1 aromatic heterocycles. The second-order valence-corrected chi connectivity index (χ2v) is 4.26. The number of carbonyl (C=O) groups is 1. The van der Waals surface area contributed by atoms with Crippen LogP contribution in [0.4, 0.5) is 0 Å². The highest BCUT2D eigenvalue weighted by Crippen LogP contribution is 2.17. The van der Waals surface area contributed by atoms with Crippen molar-refractivity contribution in [3.63, 3.8) is 0 Å². The number of aryl methyl sites for hydroxylation is 1. The zero-order valence-corrected chi connectivity index (χ0v) is 9.16. The smallest absolute Gasteiger partial charge is 0.276 e. The van der Waals surface area contributed by atoms with Crippen molar-refractivity contribution >= 4 is 5.91 Å². The molecular formula is C10H16N4O. The van der Waals surface area contributed by atoms with Gasteiger partial charge in [-0.25, -0.2) is 0 Å². The van der Waals surface area contributed by atoms with Crippen LogP contribution in [0.3, 0.4) is 0 Å². The maximum Gasteiger partial charge on any atom is 0.276 e. The third kappa shape index (κ3) is 2.00. The number of nitrogens with one attached hydrogen (secondary N) is 1. The molecule has 1 aliphatic rings. The van der Waals surface area contributed by atoms with Crippen molar-refractivity contribution in [2.24, 2.45) is 5.92 Å². The molecule has 5 nitrogen and oxygen atoms in total. The summed E-state index contributed by atoms with van der Waals surface area (Å²) in [5, 5.41) is 10.2. The molecule has 0 spiro atoms. The first-order valence-corrected chi connectivity index (χ1v) is 5.35. The highest BCUT2D eigenvalue weighted by Gasteiger charge is 2.24. The maximum absolute atomic E-state index is 12.0. The Balaban J connectivity index is 2.11. The van der Waals surface area contributed by atoms with Gasteiger partial charge in [0.05, 0.1) is 5.69 Å². The van der Waals surface area contributed by atoms with Crippen molar-refractivity contribution in [1.29, 1.82) is 0 Å². The number of nitrogens with zero attached hydrogens (tertiary/aromatic N) is 3. The number of piperidine rings is 1. The zero-order valence-electron chi connectivity index (χ0n) is 9.16. The quantitative estimate of drug-likeness (QED) is 0.748. The molecule has 0 saturated carbocycles. The largest absolute Gasteiger partial charge is 0.337 e. The van der Waals surface area contributed by atoms with Crippen LogP contribution in [0.25, 0.3) is 0 Å². The van der Waals surface area contributed by atoms with Crippen LogP contribution in [0.2, 0.25) is 0 Å². The minimum Gasteiger partial charge on any atom is -0.337 e. The molecule has 2 rings (SSSR count). The molecule has 1 aliphatic heterocycles. The molecular weight excluding hydrogens is 192 g/mol. The van der Waals surface area contributed by atoms with Crippen molar-refractivity contribution in [3.05, 3.63) is 11.4 Å². The SMILES string of the molecule is Cc1n[nH]nc1C(=O)N1CCCC(C)C1. The van der Waals surface area contributed by atoms with Gasteiger partial charge in [0.2, 0.25) is 0 Å². The third-order valence-electron chi connectivity index (χ3n) is 2.87. The number of aromatic amines is 1. The standard InChI is InChI=1S/C10H16N4O/c1-7-4-3-5-14(6-7)10(15)9-8(2)11-13-12-9/h7H,3-6H2,1-2H3,(H,11,12,13). The van der Waals surface area contributed by atoms with Crippen LogP contribution in [0.5, 0.6) is 0 Å². The number of carbonyl (C=O) groups excluding carboxylic acids is 1. The summed E-state index contributed by atoms with van der Waals surface area (Å²) >= 11 is 0. The first-order chi connectivity index (χ1) is 7.18. The molecule has 15 heavy (non-hydrogen) atoms. The van der Waals surface area contributed by atoms with E-state index in [4.69, 9.17) is 0 Å². The third-order valence-corrected chi connectivity index (χ3v) is 2.87. The summed E-state index contributed by atoms with van der Waals surface area (Å²) in [6.07, 6.45) is 2.30. The molecule has 1 amide bonds. The Labute approximate surface area is 88.9 Å². The van der Waals surface area contributed by atoms with E-state index < -0.39 is 0 Å². The van der Waals surface area contributed by atoms with E-state index in [1.54, 1.807) is 6.92 Å². The van der Waals surface area contributed by atoms with Gasteiger partial charge in [0.1, 0.15) is 0 Å². The topological polar surface area (TPSA) is 61.9 Å². The molecule has 0 aliphatic carbocycles. The predicted molar refractivity (Wildman–Crippen MR) is 55.4 cm³/mol. The van der Waals surface area contributed by atoms with Crippen molar-refractivity contribution in [2.45, 2.75) is 26.7 Å². The summed E-state index contributed by atoms with van der Waals surface area (Å²) in [4.78, 5) is 13.9. The normalized spacial score (nSPS) is 21.7. The van der Waals surface area contributed by atoms with Crippen LogP contribution in [-0.4, -0.2) is 39.3 Å². The molecule has 1 N–H and O–H groups in total. The number of aromatic nitrogens is 3. The summed E-state index contributed by atoms with van der Waals surface area (Å²) in [6.45, 7) is 5.65. The number of likely N-dealkylation sites (tertiary alicyclic amines) is 1. The van der Waals surface area contributed by atoms with E-state index in [0.29, 0.717) is 17.3 Å². The van der Waals surface area contributed by atoms with E-state index in [-0.39, 0.29) is 5.91 Å². The Morgan fingerprint density at radius 3 is 2.93 bits per heavy atom. The molecule has 0 aromatic carbocycles. The average molecular weight is 208 g/mol. The van der Waals surface area contributed by atoms with Crippen LogP contribution in [0.15, 0.2) is 0 Å². The summed E-state index contributed by atoms with van der Waals surface area (Å²) in [7, 11) is 0. The van der Waals surface area contributed by atoms with Crippen LogP contribution in [0.1, 0.15) is 35.9 Å². The van der Waals surface area contributed by atoms with Gasteiger partial charge in [0, 0.05) is 13.1 Å². The lowest BCUT2D eigenvalue weighted by atomic mass is 10.00. The lowest BCUT2D eigenvalue weighted by molar-refractivity contribution is 0.0676. The average Bonchev–Trinajstić information content (AvgIpc) is 2.63. The predicted octanol–water partition coefficient (Wildman–Crippen LogP) is 0.985. The molecule has 0 radical (unpaired) electrons. The highest BCUT2D eigenvalue weighted by atomic mass is 16.2. The monoisotopic (exact) mass is 208 g/mol.